The summed E-state index contributed by atoms with van der Waals surface area (Å²) >= 11 is 0. The molecule has 0 aromatic carbocycles. The van der Waals surface area contributed by atoms with Crippen molar-refractivity contribution in [3.05, 3.63) is 18.4 Å². The van der Waals surface area contributed by atoms with Gasteiger partial charge < -0.3 is 9.21 Å². The van der Waals surface area contributed by atoms with Gasteiger partial charge in [0.2, 0.25) is 10.0 Å². The Hall–Kier alpha value is -1.21. The third-order valence-corrected chi connectivity index (χ3v) is 6.36. The molecule has 0 N–H and O–H groups in total. The van der Waals surface area contributed by atoms with Crippen molar-refractivity contribution in [2.24, 2.45) is 5.92 Å². The third kappa shape index (κ3) is 4.16. The SMILES string of the molecule is CCCS(=O)(=O)N1CCC(C(CCC=O)c2ncco2)CC1. The van der Waals surface area contributed by atoms with E-state index in [9.17, 15) is 13.2 Å². The fourth-order valence-corrected chi connectivity index (χ4v) is 4.71. The van der Waals surface area contributed by atoms with Gasteiger partial charge in [-0.2, -0.15) is 0 Å². The number of piperidine rings is 1. The predicted octanol–water partition coefficient (Wildman–Crippen LogP) is 2.19. The molecular weight excluding hydrogens is 304 g/mol. The van der Waals surface area contributed by atoms with Crippen LogP contribution in [0.25, 0.3) is 0 Å². The van der Waals surface area contributed by atoms with Crippen LogP contribution in [0.15, 0.2) is 16.9 Å². The van der Waals surface area contributed by atoms with E-state index in [1.807, 2.05) is 6.92 Å². The van der Waals surface area contributed by atoms with E-state index >= 15 is 0 Å². The summed E-state index contributed by atoms with van der Waals surface area (Å²) < 4.78 is 31.2. The van der Waals surface area contributed by atoms with Gasteiger partial charge in [-0.25, -0.2) is 17.7 Å². The van der Waals surface area contributed by atoms with E-state index < -0.39 is 10.0 Å². The van der Waals surface area contributed by atoms with Crippen LogP contribution in [0.1, 0.15) is 50.8 Å². The molecular formula is C15H24N2O4S. The molecule has 0 spiro atoms. The first-order chi connectivity index (χ1) is 10.6. The number of rotatable bonds is 8. The molecule has 1 aromatic heterocycles. The van der Waals surface area contributed by atoms with Gasteiger partial charge in [-0.1, -0.05) is 6.92 Å². The monoisotopic (exact) mass is 328 g/mol. The van der Waals surface area contributed by atoms with Crippen LogP contribution in [0, 0.1) is 5.92 Å². The molecule has 22 heavy (non-hydrogen) atoms. The first-order valence-corrected chi connectivity index (χ1v) is 9.50. The Morgan fingerprint density at radius 2 is 2.18 bits per heavy atom. The summed E-state index contributed by atoms with van der Waals surface area (Å²) in [4.78, 5) is 14.9. The van der Waals surface area contributed by atoms with Gasteiger partial charge in [-0.15, -0.1) is 0 Å². The molecule has 1 aliphatic heterocycles. The molecule has 2 heterocycles. The van der Waals surface area contributed by atoms with E-state index in [2.05, 4.69) is 4.98 Å². The van der Waals surface area contributed by atoms with E-state index in [4.69, 9.17) is 4.42 Å². The van der Waals surface area contributed by atoms with Gasteiger partial charge in [0.1, 0.15) is 12.5 Å². The maximum atomic E-state index is 12.1. The number of aldehydes is 1. The Labute approximate surface area is 132 Å². The van der Waals surface area contributed by atoms with Gasteiger partial charge in [-0.3, -0.25) is 0 Å². The second-order valence-electron chi connectivity index (χ2n) is 5.77. The van der Waals surface area contributed by atoms with Gasteiger partial charge >= 0.3 is 0 Å². The van der Waals surface area contributed by atoms with Crippen molar-refractivity contribution in [2.45, 2.75) is 44.9 Å². The summed E-state index contributed by atoms with van der Waals surface area (Å²) in [5, 5.41) is 0. The van der Waals surface area contributed by atoms with Crippen molar-refractivity contribution in [3.63, 3.8) is 0 Å². The summed E-state index contributed by atoms with van der Waals surface area (Å²) in [6, 6.07) is 0. The van der Waals surface area contributed by atoms with Crippen LogP contribution in [-0.4, -0.2) is 42.8 Å². The van der Waals surface area contributed by atoms with E-state index in [0.29, 0.717) is 44.2 Å². The van der Waals surface area contributed by atoms with E-state index in [1.54, 1.807) is 16.8 Å². The lowest BCUT2D eigenvalue weighted by molar-refractivity contribution is -0.108. The first kappa shape index (κ1) is 17.1. The lowest BCUT2D eigenvalue weighted by Crippen LogP contribution is -2.40. The fraction of sp³-hybridized carbons (Fsp3) is 0.733. The highest BCUT2D eigenvalue weighted by molar-refractivity contribution is 7.89. The highest BCUT2D eigenvalue weighted by atomic mass is 32.2. The highest BCUT2D eigenvalue weighted by Gasteiger charge is 2.33. The second kappa shape index (κ2) is 7.87. The average Bonchev–Trinajstić information content (AvgIpc) is 3.02. The summed E-state index contributed by atoms with van der Waals surface area (Å²) in [6.45, 7) is 2.97. The molecule has 0 radical (unpaired) electrons. The molecule has 2 rings (SSSR count). The third-order valence-electron chi connectivity index (χ3n) is 4.29. The van der Waals surface area contributed by atoms with Crippen LogP contribution < -0.4 is 0 Å². The van der Waals surface area contributed by atoms with Gasteiger partial charge in [0.05, 0.1) is 11.9 Å². The molecule has 124 valence electrons. The summed E-state index contributed by atoms with van der Waals surface area (Å²) in [5.74, 6) is 1.28. The van der Waals surface area contributed by atoms with Crippen molar-refractivity contribution in [2.75, 3.05) is 18.8 Å². The molecule has 7 heteroatoms. The Morgan fingerprint density at radius 1 is 1.45 bits per heavy atom. The Kier molecular flexibility index (Phi) is 6.14. The van der Waals surface area contributed by atoms with Crippen LogP contribution in [0.5, 0.6) is 0 Å². The van der Waals surface area contributed by atoms with Crippen LogP contribution in [0.3, 0.4) is 0 Å². The van der Waals surface area contributed by atoms with Crippen molar-refractivity contribution in [1.29, 1.82) is 0 Å². The molecule has 1 atom stereocenters. The van der Waals surface area contributed by atoms with E-state index in [0.717, 1.165) is 19.1 Å². The van der Waals surface area contributed by atoms with Gasteiger partial charge in [-0.05, 0) is 31.6 Å². The second-order valence-corrected chi connectivity index (χ2v) is 7.86. The Morgan fingerprint density at radius 3 is 2.73 bits per heavy atom. The number of carbonyl (C=O) groups is 1. The van der Waals surface area contributed by atoms with Gasteiger partial charge in [0.25, 0.3) is 0 Å². The quantitative estimate of drug-likeness (QED) is 0.683. The Bertz CT molecular complexity index is 548. The van der Waals surface area contributed by atoms with Crippen molar-refractivity contribution in [1.82, 2.24) is 9.29 Å². The molecule has 1 aromatic rings. The van der Waals surface area contributed by atoms with Crippen LogP contribution in [-0.2, 0) is 14.8 Å². The van der Waals surface area contributed by atoms with Gasteiger partial charge in [0, 0.05) is 25.4 Å². The smallest absolute Gasteiger partial charge is 0.214 e. The summed E-state index contributed by atoms with van der Waals surface area (Å²) in [5.41, 5.74) is 0. The minimum atomic E-state index is -3.12. The number of oxazole rings is 1. The molecule has 1 fully saturated rings. The fourth-order valence-electron chi connectivity index (χ4n) is 3.17. The molecule has 6 nitrogen and oxygen atoms in total. The maximum absolute atomic E-state index is 12.1. The van der Waals surface area contributed by atoms with Crippen LogP contribution >= 0.6 is 0 Å². The van der Waals surface area contributed by atoms with Crippen molar-refractivity contribution in [3.8, 4) is 0 Å². The zero-order chi connectivity index (χ0) is 16.0. The zero-order valence-electron chi connectivity index (χ0n) is 13.0. The number of sulfonamides is 1. The number of hydrogen-bond donors (Lipinski definition) is 0. The predicted molar refractivity (Wildman–Crippen MR) is 82.9 cm³/mol. The summed E-state index contributed by atoms with van der Waals surface area (Å²) in [7, 11) is -3.12. The molecule has 1 unspecified atom stereocenters. The molecule has 1 saturated heterocycles. The number of carbonyl (C=O) groups excluding carboxylic acids is 1. The lowest BCUT2D eigenvalue weighted by Gasteiger charge is -2.34. The number of nitrogens with zero attached hydrogens (tertiary/aromatic N) is 2. The molecule has 0 bridgehead atoms. The Balaban J connectivity index is 2.00. The number of hydrogen-bond acceptors (Lipinski definition) is 5. The average molecular weight is 328 g/mol. The van der Waals surface area contributed by atoms with E-state index in [-0.39, 0.29) is 11.7 Å². The van der Waals surface area contributed by atoms with E-state index in [1.165, 1.54) is 0 Å². The zero-order valence-corrected chi connectivity index (χ0v) is 13.8. The minimum Gasteiger partial charge on any atom is -0.449 e. The molecule has 0 aliphatic carbocycles. The normalized spacial score (nSPS) is 19.1. The number of aromatic nitrogens is 1. The lowest BCUT2D eigenvalue weighted by atomic mass is 9.82. The molecule has 1 aliphatic rings. The standard InChI is InChI=1S/C15H24N2O4S/c1-2-12-22(19,20)17-8-5-13(6-9-17)14(4-3-10-18)15-16-7-11-21-15/h7,10-11,13-14H,2-6,8-9,12H2,1H3. The van der Waals surface area contributed by atoms with Crippen molar-refractivity contribution < 1.29 is 17.6 Å². The van der Waals surface area contributed by atoms with Crippen molar-refractivity contribution >= 4 is 16.3 Å². The van der Waals surface area contributed by atoms with Gasteiger partial charge in [0.15, 0.2) is 5.89 Å². The van der Waals surface area contributed by atoms with Crippen LogP contribution in [0.2, 0.25) is 0 Å². The molecule has 0 saturated carbocycles. The topological polar surface area (TPSA) is 80.5 Å². The van der Waals surface area contributed by atoms with Crippen LogP contribution in [0.4, 0.5) is 0 Å². The molecule has 0 amide bonds. The largest absolute Gasteiger partial charge is 0.449 e. The minimum absolute atomic E-state index is 0.0937. The first-order valence-electron chi connectivity index (χ1n) is 7.89. The summed E-state index contributed by atoms with van der Waals surface area (Å²) in [6.07, 6.45) is 7.47. The highest BCUT2D eigenvalue weighted by Crippen LogP contribution is 2.35. The maximum Gasteiger partial charge on any atom is 0.214 e.